The summed E-state index contributed by atoms with van der Waals surface area (Å²) in [6.45, 7) is 0. The summed E-state index contributed by atoms with van der Waals surface area (Å²) in [5.41, 5.74) is 2.70. The van der Waals surface area contributed by atoms with Gasteiger partial charge < -0.3 is 5.84 Å². The van der Waals surface area contributed by atoms with Crippen LogP contribution in [0.15, 0.2) is 90.6 Å². The quantitative estimate of drug-likeness (QED) is 0.159. The molecule has 0 spiro atoms. The zero-order valence-corrected chi connectivity index (χ0v) is 20.6. The van der Waals surface area contributed by atoms with Gasteiger partial charge in [0.25, 0.3) is 10.0 Å². The number of hydrogen-bond acceptors (Lipinski definition) is 5. The van der Waals surface area contributed by atoms with E-state index in [1.165, 1.54) is 5.56 Å². The molecule has 0 saturated heterocycles. The van der Waals surface area contributed by atoms with Crippen molar-refractivity contribution in [3.8, 4) is 0 Å². The summed E-state index contributed by atoms with van der Waals surface area (Å²) in [6, 6.07) is 20.5. The van der Waals surface area contributed by atoms with E-state index in [9.17, 15) is 8.42 Å². The molecule has 3 N–H and O–H groups in total. The van der Waals surface area contributed by atoms with E-state index in [4.69, 9.17) is 5.84 Å². The van der Waals surface area contributed by atoms with E-state index in [-0.39, 0.29) is 4.90 Å². The van der Waals surface area contributed by atoms with Gasteiger partial charge in [0.15, 0.2) is 0 Å². The number of rotatable bonds is 8. The second-order valence-corrected chi connectivity index (χ2v) is 10.9. The first kappa shape index (κ1) is 22.9. The number of nitrogens with two attached hydrogens (primary N) is 1. The lowest BCUT2D eigenvalue weighted by Crippen LogP contribution is -2.14. The van der Waals surface area contributed by atoms with Crippen LogP contribution in [0.25, 0.3) is 0 Å². The van der Waals surface area contributed by atoms with Gasteiger partial charge in [-0.3, -0.25) is 4.72 Å². The van der Waals surface area contributed by atoms with Crippen LogP contribution in [-0.2, 0) is 16.4 Å². The van der Waals surface area contributed by atoms with E-state index in [0.29, 0.717) is 14.6 Å². The van der Waals surface area contributed by atoms with Crippen molar-refractivity contribution >= 4 is 65.5 Å². The summed E-state index contributed by atoms with van der Waals surface area (Å²) in [5, 5.41) is 3.52. The normalized spacial score (nSPS) is 11.7. The number of nitrogens with one attached hydrogen (secondary N) is 1. The molecule has 0 unspecified atom stereocenters. The fourth-order valence-corrected chi connectivity index (χ4v) is 6.35. The van der Waals surface area contributed by atoms with Gasteiger partial charge in [0, 0.05) is 19.6 Å². The highest BCUT2D eigenvalue weighted by atomic mass is 79.9. The van der Waals surface area contributed by atoms with Crippen molar-refractivity contribution in [1.29, 1.82) is 0 Å². The van der Waals surface area contributed by atoms with Crippen LogP contribution in [0.4, 0.5) is 5.69 Å². The van der Waals surface area contributed by atoms with Crippen molar-refractivity contribution in [3.63, 3.8) is 0 Å². The van der Waals surface area contributed by atoms with E-state index in [0.717, 1.165) is 22.6 Å². The van der Waals surface area contributed by atoms with Gasteiger partial charge in [-0.2, -0.15) is 5.10 Å². The molecular formula is C21H19Br2N3O2S2. The minimum Gasteiger partial charge on any atom is -0.323 e. The summed E-state index contributed by atoms with van der Waals surface area (Å²) in [6.07, 6.45) is 2.45. The predicted octanol–water partition coefficient (Wildman–Crippen LogP) is 5.64. The maximum Gasteiger partial charge on any atom is 0.263 e. The molecule has 3 aromatic carbocycles. The molecule has 5 nitrogen and oxygen atoms in total. The van der Waals surface area contributed by atoms with Gasteiger partial charge in [-0.25, -0.2) is 8.42 Å². The summed E-state index contributed by atoms with van der Waals surface area (Å²) >= 11 is 8.25. The third kappa shape index (κ3) is 6.10. The van der Waals surface area contributed by atoms with Crippen LogP contribution in [-0.4, -0.2) is 20.4 Å². The Hall–Kier alpha value is -1.81. The minimum atomic E-state index is -3.74. The van der Waals surface area contributed by atoms with Gasteiger partial charge in [-0.1, -0.05) is 52.3 Å². The fraction of sp³-hybridized carbons (Fsp3) is 0.0952. The van der Waals surface area contributed by atoms with Crippen molar-refractivity contribution in [2.24, 2.45) is 10.9 Å². The molecule has 0 bridgehead atoms. The van der Waals surface area contributed by atoms with E-state index < -0.39 is 10.0 Å². The summed E-state index contributed by atoms with van der Waals surface area (Å²) in [4.78, 5) is 1.05. The maximum atomic E-state index is 12.9. The highest BCUT2D eigenvalue weighted by Crippen LogP contribution is 2.32. The van der Waals surface area contributed by atoms with E-state index in [2.05, 4.69) is 41.7 Å². The van der Waals surface area contributed by atoms with E-state index in [1.54, 1.807) is 42.2 Å². The van der Waals surface area contributed by atoms with Gasteiger partial charge in [0.1, 0.15) is 4.90 Å². The Kier molecular flexibility index (Phi) is 7.99. The van der Waals surface area contributed by atoms with Crippen LogP contribution in [0.1, 0.15) is 11.1 Å². The SMILES string of the molecule is N/N=C\c1ccc(CCSc2ccccc2NS(=O)(=O)c2cc(Br)ccc2Br)cc1. The third-order valence-corrected chi connectivity index (χ3v) is 8.09. The number of hydrogen-bond donors (Lipinski definition) is 2. The van der Waals surface area contributed by atoms with E-state index in [1.807, 2.05) is 42.5 Å². The van der Waals surface area contributed by atoms with Crippen LogP contribution in [0.3, 0.4) is 0 Å². The number of aryl methyl sites for hydroxylation is 1. The Bertz CT molecular complexity index is 1150. The Morgan fingerprint density at radius 2 is 1.77 bits per heavy atom. The molecule has 0 saturated carbocycles. The lowest BCUT2D eigenvalue weighted by Gasteiger charge is -2.13. The van der Waals surface area contributed by atoms with Crippen molar-refractivity contribution < 1.29 is 8.42 Å². The van der Waals surface area contributed by atoms with Gasteiger partial charge >= 0.3 is 0 Å². The molecule has 0 atom stereocenters. The first-order valence-electron chi connectivity index (χ1n) is 8.91. The van der Waals surface area contributed by atoms with Crippen LogP contribution in [0.5, 0.6) is 0 Å². The molecule has 0 amide bonds. The number of benzene rings is 3. The molecule has 0 aliphatic heterocycles. The average molecular weight is 569 g/mol. The molecule has 0 heterocycles. The number of para-hydroxylation sites is 1. The third-order valence-electron chi connectivity index (χ3n) is 4.17. The second-order valence-electron chi connectivity index (χ2n) is 6.29. The number of hydrazone groups is 1. The molecule has 0 fully saturated rings. The van der Waals surface area contributed by atoms with Crippen LogP contribution >= 0.6 is 43.6 Å². The topological polar surface area (TPSA) is 84.5 Å². The molecule has 9 heteroatoms. The monoisotopic (exact) mass is 567 g/mol. The number of halogens is 2. The number of thioether (sulfide) groups is 1. The largest absolute Gasteiger partial charge is 0.323 e. The highest BCUT2D eigenvalue weighted by Gasteiger charge is 2.19. The Labute approximate surface area is 197 Å². The molecule has 0 aliphatic carbocycles. The van der Waals surface area contributed by atoms with Crippen LogP contribution in [0, 0.1) is 0 Å². The lowest BCUT2D eigenvalue weighted by molar-refractivity contribution is 0.600. The van der Waals surface area contributed by atoms with E-state index >= 15 is 0 Å². The number of anilines is 1. The van der Waals surface area contributed by atoms with Crippen molar-refractivity contribution in [1.82, 2.24) is 0 Å². The fourth-order valence-electron chi connectivity index (χ4n) is 2.69. The van der Waals surface area contributed by atoms with Crippen molar-refractivity contribution in [2.75, 3.05) is 10.5 Å². The first-order valence-corrected chi connectivity index (χ1v) is 13.0. The molecule has 30 heavy (non-hydrogen) atoms. The summed E-state index contributed by atoms with van der Waals surface area (Å²) in [7, 11) is -3.74. The molecule has 0 aliphatic rings. The summed E-state index contributed by atoms with van der Waals surface area (Å²) < 4.78 is 29.7. The highest BCUT2D eigenvalue weighted by molar-refractivity contribution is 9.11. The molecule has 0 aromatic heterocycles. The van der Waals surface area contributed by atoms with Crippen molar-refractivity contribution in [2.45, 2.75) is 16.2 Å². The summed E-state index contributed by atoms with van der Waals surface area (Å²) in [5.74, 6) is 5.98. The van der Waals surface area contributed by atoms with Crippen LogP contribution in [0.2, 0.25) is 0 Å². The smallest absolute Gasteiger partial charge is 0.263 e. The average Bonchev–Trinajstić information content (AvgIpc) is 2.72. The van der Waals surface area contributed by atoms with Gasteiger partial charge in [0.2, 0.25) is 0 Å². The second kappa shape index (κ2) is 10.5. The van der Waals surface area contributed by atoms with Gasteiger partial charge in [-0.15, -0.1) is 11.8 Å². The Morgan fingerprint density at radius 3 is 2.50 bits per heavy atom. The lowest BCUT2D eigenvalue weighted by atomic mass is 10.1. The number of sulfonamides is 1. The Morgan fingerprint density at radius 1 is 1.03 bits per heavy atom. The molecule has 3 aromatic rings. The van der Waals surface area contributed by atoms with Crippen LogP contribution < -0.4 is 10.6 Å². The zero-order valence-electron chi connectivity index (χ0n) is 15.8. The Balaban J connectivity index is 1.70. The molecular weight excluding hydrogens is 550 g/mol. The van der Waals surface area contributed by atoms with Gasteiger partial charge in [-0.05, 0) is 63.8 Å². The van der Waals surface area contributed by atoms with Gasteiger partial charge in [0.05, 0.1) is 11.9 Å². The molecule has 3 rings (SSSR count). The maximum absolute atomic E-state index is 12.9. The zero-order chi connectivity index (χ0) is 21.6. The molecule has 0 radical (unpaired) electrons. The first-order chi connectivity index (χ1) is 14.4. The van der Waals surface area contributed by atoms with Crippen molar-refractivity contribution in [3.05, 3.63) is 86.8 Å². The number of nitrogens with zero attached hydrogens (tertiary/aromatic N) is 1. The standard InChI is InChI=1S/C21H19Br2N3O2S2/c22-17-9-10-18(23)21(13-17)30(27,28)26-19-3-1-2-4-20(19)29-12-11-15-5-7-16(8-6-15)14-25-24/h1-10,13-14,26H,11-12,24H2/b25-14-. The molecule has 156 valence electrons. The minimum absolute atomic E-state index is 0.179. The predicted molar refractivity (Wildman–Crippen MR) is 132 cm³/mol.